The summed E-state index contributed by atoms with van der Waals surface area (Å²) in [6.07, 6.45) is -4.77. The highest BCUT2D eigenvalue weighted by atomic mass is 19.4. The van der Waals surface area contributed by atoms with E-state index in [0.29, 0.717) is 6.07 Å². The molecule has 0 aliphatic heterocycles. The SMILES string of the molecule is COC(=O)C1=C(O)[C@H](C(=O)OC)[C@@H](c2cccc(C(F)(F)F)c2)C(C#N)(C#N)[C@@H]1c1ccc(C)cc1. The first-order valence-electron chi connectivity index (χ1n) is 10.6. The number of benzene rings is 2. The number of ether oxygens (including phenoxy) is 2. The molecule has 2 aromatic rings. The first-order chi connectivity index (χ1) is 17.0. The molecule has 0 aromatic heterocycles. The molecule has 0 unspecified atom stereocenters. The second-order valence-corrected chi connectivity index (χ2v) is 8.33. The molecule has 186 valence electrons. The van der Waals surface area contributed by atoms with Gasteiger partial charge in [-0.2, -0.15) is 23.7 Å². The summed E-state index contributed by atoms with van der Waals surface area (Å²) < 4.78 is 50.2. The molecule has 1 aliphatic carbocycles. The molecule has 0 saturated carbocycles. The van der Waals surface area contributed by atoms with Crippen LogP contribution in [-0.4, -0.2) is 31.3 Å². The molecule has 0 saturated heterocycles. The number of aliphatic hydroxyl groups is 1. The molecular formula is C26H21F3N2O5. The molecule has 3 atom stereocenters. The van der Waals surface area contributed by atoms with Crippen molar-refractivity contribution in [1.29, 1.82) is 10.5 Å². The quantitative estimate of drug-likeness (QED) is 0.607. The van der Waals surface area contributed by atoms with Crippen LogP contribution < -0.4 is 0 Å². The zero-order valence-electron chi connectivity index (χ0n) is 19.5. The summed E-state index contributed by atoms with van der Waals surface area (Å²) in [5.74, 6) is -8.04. The van der Waals surface area contributed by atoms with Crippen LogP contribution in [0.25, 0.3) is 0 Å². The van der Waals surface area contributed by atoms with Gasteiger partial charge in [-0.05, 0) is 24.1 Å². The van der Waals surface area contributed by atoms with Crippen LogP contribution in [0.1, 0.15) is 34.1 Å². The standard InChI is InChI=1S/C26H21F3N2O5/c1-14-7-9-15(10-8-14)20-18(23(33)35-2)22(32)19(24(34)36-3)21(25(20,12-30)13-31)16-5-4-6-17(11-16)26(27,28)29/h4-11,19-21,32H,1-3H3/t19-,20-,21-/m1/s1. The Bertz CT molecular complexity index is 1290. The van der Waals surface area contributed by atoms with Crippen molar-refractivity contribution in [1.82, 2.24) is 0 Å². The summed E-state index contributed by atoms with van der Waals surface area (Å²) in [5.41, 5.74) is -3.09. The smallest absolute Gasteiger partial charge is 0.416 e. The minimum atomic E-state index is -4.77. The number of nitriles is 2. The van der Waals surface area contributed by atoms with Gasteiger partial charge in [-0.3, -0.25) is 4.79 Å². The molecule has 0 heterocycles. The van der Waals surface area contributed by atoms with Crippen molar-refractivity contribution in [2.24, 2.45) is 11.3 Å². The number of carbonyl (C=O) groups is 2. The van der Waals surface area contributed by atoms with E-state index in [1.54, 1.807) is 19.1 Å². The van der Waals surface area contributed by atoms with Crippen molar-refractivity contribution in [3.8, 4) is 12.1 Å². The summed E-state index contributed by atoms with van der Waals surface area (Å²) in [6.45, 7) is 1.78. The lowest BCUT2D eigenvalue weighted by molar-refractivity contribution is -0.147. The van der Waals surface area contributed by atoms with Gasteiger partial charge in [0.1, 0.15) is 11.7 Å². The molecule has 0 radical (unpaired) electrons. The number of esters is 2. The third kappa shape index (κ3) is 4.27. The van der Waals surface area contributed by atoms with E-state index in [9.17, 15) is 38.4 Å². The Hall–Kier alpha value is -4.31. The zero-order chi connectivity index (χ0) is 26.8. The molecule has 7 nitrogen and oxygen atoms in total. The Kier molecular flexibility index (Phi) is 7.12. The van der Waals surface area contributed by atoms with Crippen molar-refractivity contribution in [2.75, 3.05) is 14.2 Å². The van der Waals surface area contributed by atoms with Gasteiger partial charge in [0, 0.05) is 5.92 Å². The van der Waals surface area contributed by atoms with Crippen LogP contribution >= 0.6 is 0 Å². The molecule has 2 aromatic carbocycles. The number of methoxy groups -OCH3 is 2. The molecule has 1 aliphatic rings. The Balaban J connectivity index is 2.49. The average Bonchev–Trinajstić information content (AvgIpc) is 2.87. The summed E-state index contributed by atoms with van der Waals surface area (Å²) in [7, 11) is 1.99. The van der Waals surface area contributed by atoms with E-state index < -0.39 is 58.2 Å². The van der Waals surface area contributed by atoms with Crippen LogP contribution in [0, 0.1) is 40.9 Å². The Morgan fingerprint density at radius 3 is 2.11 bits per heavy atom. The molecule has 3 rings (SSSR count). The largest absolute Gasteiger partial charge is 0.511 e. The highest BCUT2D eigenvalue weighted by molar-refractivity contribution is 5.94. The van der Waals surface area contributed by atoms with Gasteiger partial charge in [-0.25, -0.2) is 4.79 Å². The van der Waals surface area contributed by atoms with Gasteiger partial charge >= 0.3 is 18.1 Å². The topological polar surface area (TPSA) is 120 Å². The third-order valence-corrected chi connectivity index (χ3v) is 6.35. The fourth-order valence-corrected chi connectivity index (χ4v) is 4.70. The predicted octanol–water partition coefficient (Wildman–Crippen LogP) is 4.70. The monoisotopic (exact) mass is 498 g/mol. The number of aryl methyl sites for hydroxylation is 1. The van der Waals surface area contributed by atoms with Crippen LogP contribution in [-0.2, 0) is 25.2 Å². The van der Waals surface area contributed by atoms with Gasteiger partial charge in [0.2, 0.25) is 0 Å². The molecule has 36 heavy (non-hydrogen) atoms. The van der Waals surface area contributed by atoms with Gasteiger partial charge < -0.3 is 14.6 Å². The summed E-state index contributed by atoms with van der Waals surface area (Å²) >= 11 is 0. The van der Waals surface area contributed by atoms with Crippen LogP contribution in [0.2, 0.25) is 0 Å². The fraction of sp³-hybridized carbons (Fsp3) is 0.308. The number of rotatable bonds is 4. The molecular weight excluding hydrogens is 477 g/mol. The number of halogens is 3. The lowest BCUT2D eigenvalue weighted by Crippen LogP contribution is -2.47. The van der Waals surface area contributed by atoms with E-state index in [2.05, 4.69) is 0 Å². The van der Waals surface area contributed by atoms with Crippen molar-refractivity contribution in [2.45, 2.75) is 24.9 Å². The van der Waals surface area contributed by atoms with E-state index in [1.807, 2.05) is 12.1 Å². The van der Waals surface area contributed by atoms with Crippen LogP contribution in [0.4, 0.5) is 13.2 Å². The van der Waals surface area contributed by atoms with Gasteiger partial charge in [0.15, 0.2) is 5.41 Å². The van der Waals surface area contributed by atoms with Crippen LogP contribution in [0.5, 0.6) is 0 Å². The van der Waals surface area contributed by atoms with Crippen molar-refractivity contribution >= 4 is 11.9 Å². The zero-order valence-corrected chi connectivity index (χ0v) is 19.5. The number of carbonyl (C=O) groups excluding carboxylic acids is 2. The van der Waals surface area contributed by atoms with E-state index in [1.165, 1.54) is 18.2 Å². The second kappa shape index (κ2) is 9.74. The van der Waals surface area contributed by atoms with Gasteiger partial charge in [0.05, 0.1) is 43.4 Å². The highest BCUT2D eigenvalue weighted by Gasteiger charge is 2.61. The van der Waals surface area contributed by atoms with E-state index >= 15 is 0 Å². The lowest BCUT2D eigenvalue weighted by atomic mass is 9.54. The first kappa shape index (κ1) is 26.3. The van der Waals surface area contributed by atoms with Gasteiger partial charge in [-0.15, -0.1) is 0 Å². The van der Waals surface area contributed by atoms with Crippen LogP contribution in [0.15, 0.2) is 59.9 Å². The number of hydrogen-bond donors (Lipinski definition) is 1. The molecule has 0 fully saturated rings. The van der Waals surface area contributed by atoms with Crippen molar-refractivity contribution < 1.29 is 37.3 Å². The summed E-state index contributed by atoms with van der Waals surface area (Å²) in [4.78, 5) is 25.8. The summed E-state index contributed by atoms with van der Waals surface area (Å²) in [5, 5.41) is 32.1. The Morgan fingerprint density at radius 2 is 1.61 bits per heavy atom. The van der Waals surface area contributed by atoms with E-state index in [0.717, 1.165) is 31.9 Å². The van der Waals surface area contributed by atoms with E-state index in [4.69, 9.17) is 9.47 Å². The third-order valence-electron chi connectivity index (χ3n) is 6.35. The number of hydrogen-bond acceptors (Lipinski definition) is 7. The maximum atomic E-state index is 13.5. The lowest BCUT2D eigenvalue weighted by Gasteiger charge is -2.44. The molecule has 0 bridgehead atoms. The predicted molar refractivity (Wildman–Crippen MR) is 119 cm³/mol. The maximum absolute atomic E-state index is 13.5. The fourth-order valence-electron chi connectivity index (χ4n) is 4.70. The normalized spacial score (nSPS) is 21.2. The number of nitrogens with zero attached hydrogens (tertiary/aromatic N) is 2. The van der Waals surface area contributed by atoms with Crippen LogP contribution in [0.3, 0.4) is 0 Å². The minimum absolute atomic E-state index is 0.212. The summed E-state index contributed by atoms with van der Waals surface area (Å²) in [6, 6.07) is 13.9. The Morgan fingerprint density at radius 1 is 1.00 bits per heavy atom. The van der Waals surface area contributed by atoms with Crippen molar-refractivity contribution in [3.05, 3.63) is 82.1 Å². The van der Waals surface area contributed by atoms with Gasteiger partial charge in [-0.1, -0.05) is 48.0 Å². The maximum Gasteiger partial charge on any atom is 0.416 e. The number of aliphatic hydroxyl groups excluding tert-OH is 1. The average molecular weight is 498 g/mol. The molecule has 1 N–H and O–H groups in total. The highest BCUT2D eigenvalue weighted by Crippen LogP contribution is 2.59. The van der Waals surface area contributed by atoms with Crippen molar-refractivity contribution in [3.63, 3.8) is 0 Å². The minimum Gasteiger partial charge on any atom is -0.511 e. The first-order valence-corrected chi connectivity index (χ1v) is 10.6. The second-order valence-electron chi connectivity index (χ2n) is 8.33. The molecule has 10 heteroatoms. The van der Waals surface area contributed by atoms with E-state index in [-0.39, 0.29) is 11.1 Å². The Labute approximate surface area is 205 Å². The molecule has 0 spiro atoms. The molecule has 0 amide bonds. The van der Waals surface area contributed by atoms with Gasteiger partial charge in [0.25, 0.3) is 0 Å². The number of alkyl halides is 3.